The summed E-state index contributed by atoms with van der Waals surface area (Å²) >= 11 is 3.11. The van der Waals surface area contributed by atoms with E-state index in [9.17, 15) is 34.5 Å². The predicted octanol–water partition coefficient (Wildman–Crippen LogP) is -0.215. The van der Waals surface area contributed by atoms with Crippen LogP contribution in [-0.2, 0) is 30.4 Å². The lowest BCUT2D eigenvalue weighted by molar-refractivity contribution is -0.140. The van der Waals surface area contributed by atoms with Crippen LogP contribution < -0.4 is 10.6 Å². The fourth-order valence-corrected chi connectivity index (χ4v) is 4.20. The lowest BCUT2D eigenvalue weighted by atomic mass is 10.0. The Bertz CT molecular complexity index is 976. The van der Waals surface area contributed by atoms with Crippen LogP contribution in [0, 0.1) is 0 Å². The van der Waals surface area contributed by atoms with E-state index in [1.807, 2.05) is 12.1 Å². The minimum absolute atomic E-state index is 0.133. The van der Waals surface area contributed by atoms with Crippen molar-refractivity contribution in [3.63, 3.8) is 0 Å². The van der Waals surface area contributed by atoms with Crippen LogP contribution in [-0.4, -0.2) is 142 Å². The molecule has 0 bridgehead atoms. The van der Waals surface area contributed by atoms with Crippen LogP contribution in [0.2, 0.25) is 0 Å². The summed E-state index contributed by atoms with van der Waals surface area (Å²) in [5.41, 5.74) is 1.66. The van der Waals surface area contributed by atoms with Gasteiger partial charge in [-0.2, -0.15) is 0 Å². The molecular weight excluding hydrogens is 594 g/mol. The van der Waals surface area contributed by atoms with Gasteiger partial charge in [0.25, 0.3) is 5.97 Å². The smallest absolute Gasteiger partial charge is 0.317 e. The molecule has 1 amide bonds. The van der Waals surface area contributed by atoms with E-state index in [0.717, 1.165) is 12.5 Å². The molecule has 40 heavy (non-hydrogen) atoms. The summed E-state index contributed by atoms with van der Waals surface area (Å²) in [7, 11) is 0. The van der Waals surface area contributed by atoms with Crippen LogP contribution in [0.25, 0.3) is 0 Å². The SMILES string of the molecule is CC(=O)O.O=C(O)CN1CCNC(Cc2ccc(NC(=O)CBr)cc2)CN(CC(=O)O)CCN(CC(=O)O)CC1. The number of anilines is 1. The second-order valence-electron chi connectivity index (χ2n) is 9.22. The zero-order chi connectivity index (χ0) is 30.1. The Morgan fingerprint density at radius 3 is 1.75 bits per heavy atom. The van der Waals surface area contributed by atoms with Crippen molar-refractivity contribution in [3.05, 3.63) is 29.8 Å². The molecule has 1 unspecified atom stereocenters. The molecule has 224 valence electrons. The van der Waals surface area contributed by atoms with Crippen molar-refractivity contribution >= 4 is 51.4 Å². The molecule has 1 aromatic rings. The van der Waals surface area contributed by atoms with Crippen LogP contribution >= 0.6 is 15.9 Å². The van der Waals surface area contributed by atoms with Crippen molar-refractivity contribution in [2.45, 2.75) is 19.4 Å². The lowest BCUT2D eigenvalue weighted by Gasteiger charge is -2.32. The van der Waals surface area contributed by atoms with Gasteiger partial charge in [-0.3, -0.25) is 38.7 Å². The molecule has 15 heteroatoms. The minimum atomic E-state index is -0.994. The Labute approximate surface area is 241 Å². The average molecular weight is 633 g/mol. The normalized spacial score (nSPS) is 17.8. The Hall–Kier alpha value is -3.11. The molecule has 1 atom stereocenters. The van der Waals surface area contributed by atoms with E-state index in [1.165, 1.54) is 0 Å². The van der Waals surface area contributed by atoms with Crippen LogP contribution in [0.4, 0.5) is 5.69 Å². The van der Waals surface area contributed by atoms with Crippen molar-refractivity contribution in [2.75, 3.05) is 76.1 Å². The van der Waals surface area contributed by atoms with E-state index < -0.39 is 23.9 Å². The topological polar surface area (TPSA) is 200 Å². The molecule has 1 saturated heterocycles. The Kier molecular flexibility index (Phi) is 16.6. The number of amides is 1. The number of hydrogen-bond acceptors (Lipinski definition) is 9. The second-order valence-corrected chi connectivity index (χ2v) is 9.78. The number of benzene rings is 1. The van der Waals surface area contributed by atoms with E-state index in [2.05, 4.69) is 26.6 Å². The number of alkyl halides is 1. The first-order valence-electron chi connectivity index (χ1n) is 12.6. The largest absolute Gasteiger partial charge is 0.481 e. The first kappa shape index (κ1) is 34.9. The molecule has 0 radical (unpaired) electrons. The molecule has 0 saturated carbocycles. The van der Waals surface area contributed by atoms with E-state index in [-0.39, 0.29) is 36.9 Å². The predicted molar refractivity (Wildman–Crippen MR) is 150 cm³/mol. The number of rotatable bonds is 10. The maximum Gasteiger partial charge on any atom is 0.317 e. The van der Waals surface area contributed by atoms with Crippen molar-refractivity contribution < 1.29 is 44.4 Å². The van der Waals surface area contributed by atoms with E-state index in [4.69, 9.17) is 9.90 Å². The number of hydrogen-bond donors (Lipinski definition) is 6. The fraction of sp³-hybridized carbons (Fsp3) is 0.560. The molecule has 6 N–H and O–H groups in total. The van der Waals surface area contributed by atoms with Gasteiger partial charge in [0.1, 0.15) is 0 Å². The van der Waals surface area contributed by atoms with Gasteiger partial charge in [0.05, 0.1) is 25.0 Å². The van der Waals surface area contributed by atoms with Gasteiger partial charge < -0.3 is 31.1 Å². The highest BCUT2D eigenvalue weighted by atomic mass is 79.9. The van der Waals surface area contributed by atoms with Crippen LogP contribution in [0.1, 0.15) is 12.5 Å². The number of nitrogens with zero attached hydrogens (tertiary/aromatic N) is 3. The Balaban J connectivity index is 0.00000187. The third-order valence-electron chi connectivity index (χ3n) is 5.72. The van der Waals surface area contributed by atoms with Crippen molar-refractivity contribution in [2.24, 2.45) is 0 Å². The van der Waals surface area contributed by atoms with Crippen molar-refractivity contribution in [1.29, 1.82) is 0 Å². The van der Waals surface area contributed by atoms with Crippen LogP contribution in [0.3, 0.4) is 0 Å². The number of aliphatic carboxylic acids is 4. The van der Waals surface area contributed by atoms with Crippen molar-refractivity contribution in [1.82, 2.24) is 20.0 Å². The molecule has 2 rings (SSSR count). The number of carboxylic acid groups (broad SMARTS) is 4. The number of halogens is 1. The molecule has 14 nitrogen and oxygen atoms in total. The van der Waals surface area contributed by atoms with Gasteiger partial charge in [-0.05, 0) is 24.1 Å². The first-order valence-corrected chi connectivity index (χ1v) is 13.7. The summed E-state index contributed by atoms with van der Waals surface area (Å²) in [4.78, 5) is 59.9. The summed E-state index contributed by atoms with van der Waals surface area (Å²) in [6.07, 6.45) is 0.584. The maximum atomic E-state index is 11.6. The summed E-state index contributed by atoms with van der Waals surface area (Å²) in [5.74, 6) is -3.91. The summed E-state index contributed by atoms with van der Waals surface area (Å²) < 4.78 is 0. The summed E-state index contributed by atoms with van der Waals surface area (Å²) in [6, 6.07) is 7.27. The van der Waals surface area contributed by atoms with Crippen molar-refractivity contribution in [3.8, 4) is 0 Å². The highest BCUT2D eigenvalue weighted by molar-refractivity contribution is 9.09. The molecule has 1 aliphatic rings. The minimum Gasteiger partial charge on any atom is -0.481 e. The molecule has 1 aliphatic heterocycles. The Morgan fingerprint density at radius 2 is 1.27 bits per heavy atom. The standard InChI is InChI=1S/C23H34BrN5O7.C2H4O2/c24-12-20(30)26-18-3-1-17(2-4-18)11-19-13-29(16-23(35)36)10-9-28(15-22(33)34)8-7-27(6-5-25-19)14-21(31)32;1-2(3)4/h1-4,19,25H,5-16H2,(H,26,30)(H,31,32)(H,33,34)(H,35,36);1H3,(H,3,4). The lowest BCUT2D eigenvalue weighted by Crippen LogP contribution is -2.51. The third kappa shape index (κ3) is 16.8. The number of carbonyl (C=O) groups is 5. The van der Waals surface area contributed by atoms with Crippen LogP contribution in [0.5, 0.6) is 0 Å². The van der Waals surface area contributed by atoms with Gasteiger partial charge in [0, 0.05) is 64.5 Å². The van der Waals surface area contributed by atoms with Gasteiger partial charge in [0.15, 0.2) is 0 Å². The summed E-state index contributed by atoms with van der Waals surface area (Å²) in [6.45, 7) is 3.33. The van der Waals surface area contributed by atoms with Gasteiger partial charge in [-0.25, -0.2) is 0 Å². The fourth-order valence-electron chi connectivity index (χ4n) is 4.06. The quantitative estimate of drug-likeness (QED) is 0.185. The average Bonchev–Trinajstić information content (AvgIpc) is 2.84. The Morgan fingerprint density at radius 1 is 0.825 bits per heavy atom. The third-order valence-corrected chi connectivity index (χ3v) is 6.23. The summed E-state index contributed by atoms with van der Waals surface area (Å²) in [5, 5.41) is 41.8. The van der Waals surface area contributed by atoms with Gasteiger partial charge in [-0.15, -0.1) is 0 Å². The molecule has 0 aromatic heterocycles. The van der Waals surface area contributed by atoms with Gasteiger partial charge in [0.2, 0.25) is 5.91 Å². The molecule has 1 aromatic carbocycles. The molecule has 0 spiro atoms. The van der Waals surface area contributed by atoms with E-state index in [1.54, 1.807) is 26.8 Å². The highest BCUT2D eigenvalue weighted by Crippen LogP contribution is 2.13. The van der Waals surface area contributed by atoms with Gasteiger partial charge >= 0.3 is 17.9 Å². The van der Waals surface area contributed by atoms with E-state index in [0.29, 0.717) is 57.9 Å². The molecular formula is C25H38BrN5O9. The zero-order valence-electron chi connectivity index (χ0n) is 22.4. The van der Waals surface area contributed by atoms with E-state index >= 15 is 0 Å². The second kappa shape index (κ2) is 19.0. The highest BCUT2D eigenvalue weighted by Gasteiger charge is 2.21. The number of carboxylic acids is 4. The number of nitrogens with one attached hydrogen (secondary N) is 2. The zero-order valence-corrected chi connectivity index (χ0v) is 24.0. The first-order chi connectivity index (χ1) is 18.9. The molecule has 1 fully saturated rings. The van der Waals surface area contributed by atoms with Crippen LogP contribution in [0.15, 0.2) is 24.3 Å². The monoisotopic (exact) mass is 631 g/mol. The molecule has 0 aliphatic carbocycles. The molecule has 1 heterocycles. The number of carbonyl (C=O) groups excluding carboxylic acids is 1. The maximum absolute atomic E-state index is 11.6. The van der Waals surface area contributed by atoms with Gasteiger partial charge in [-0.1, -0.05) is 28.1 Å².